The molecule has 0 aliphatic heterocycles. The van der Waals surface area contributed by atoms with Crippen LogP contribution in [0.4, 0.5) is 0 Å². The van der Waals surface area contributed by atoms with Crippen molar-refractivity contribution < 1.29 is 0 Å². The van der Waals surface area contributed by atoms with E-state index in [9.17, 15) is 4.79 Å². The predicted octanol–water partition coefficient (Wildman–Crippen LogP) is 3.42. The van der Waals surface area contributed by atoms with Gasteiger partial charge in [-0.3, -0.25) is 4.79 Å². The second-order valence-electron chi connectivity index (χ2n) is 4.37. The molecule has 0 saturated heterocycles. The Morgan fingerprint density at radius 1 is 1.17 bits per heavy atom. The van der Waals surface area contributed by atoms with Crippen molar-refractivity contribution in [2.24, 2.45) is 0 Å². The Kier molecular flexibility index (Phi) is 2.76. The molecule has 90 valence electrons. The number of hydrogen-bond acceptors (Lipinski definition) is 2. The summed E-state index contributed by atoms with van der Waals surface area (Å²) in [5.74, 6) is 0. The van der Waals surface area contributed by atoms with Gasteiger partial charge in [0.1, 0.15) is 0 Å². The highest BCUT2D eigenvalue weighted by Gasteiger charge is 2.05. The fourth-order valence-corrected chi connectivity index (χ4v) is 2.87. The molecule has 3 rings (SSSR count). The van der Waals surface area contributed by atoms with Gasteiger partial charge in [0.2, 0.25) is 0 Å². The minimum atomic E-state index is 0.0944. The monoisotopic (exact) mass is 255 g/mol. The van der Waals surface area contributed by atoms with Crippen LogP contribution in [0, 0.1) is 6.92 Å². The summed E-state index contributed by atoms with van der Waals surface area (Å²) < 4.78 is 2.83. The molecule has 0 unspecified atom stereocenters. The first-order chi connectivity index (χ1) is 8.75. The quantitative estimate of drug-likeness (QED) is 0.687. The van der Waals surface area contributed by atoms with Gasteiger partial charge >= 0.3 is 0 Å². The number of rotatable bonds is 2. The zero-order valence-electron chi connectivity index (χ0n) is 10.1. The van der Waals surface area contributed by atoms with Crippen LogP contribution in [0.15, 0.2) is 52.8 Å². The molecule has 0 bridgehead atoms. The van der Waals surface area contributed by atoms with E-state index in [4.69, 9.17) is 0 Å². The van der Waals surface area contributed by atoms with Crippen LogP contribution in [0.3, 0.4) is 0 Å². The molecule has 0 N–H and O–H groups in total. The highest BCUT2D eigenvalue weighted by molar-refractivity contribution is 7.17. The summed E-state index contributed by atoms with van der Waals surface area (Å²) in [6.07, 6.45) is 1.88. The number of fused-ring (bicyclic) bond motifs is 1. The zero-order valence-corrected chi connectivity index (χ0v) is 10.9. The van der Waals surface area contributed by atoms with Gasteiger partial charge < -0.3 is 4.57 Å². The third-order valence-electron chi connectivity index (χ3n) is 3.19. The van der Waals surface area contributed by atoms with E-state index in [1.165, 1.54) is 11.1 Å². The van der Waals surface area contributed by atoms with Gasteiger partial charge in [-0.1, -0.05) is 24.3 Å². The number of pyridine rings is 1. The van der Waals surface area contributed by atoms with Crippen LogP contribution in [0.5, 0.6) is 0 Å². The highest BCUT2D eigenvalue weighted by atomic mass is 32.1. The van der Waals surface area contributed by atoms with Crippen LogP contribution in [0.25, 0.3) is 10.1 Å². The van der Waals surface area contributed by atoms with Crippen LogP contribution in [-0.4, -0.2) is 4.57 Å². The molecule has 1 aromatic carbocycles. The molecule has 2 aromatic heterocycles. The lowest BCUT2D eigenvalue weighted by molar-refractivity contribution is 0.764. The van der Waals surface area contributed by atoms with Gasteiger partial charge in [-0.15, -0.1) is 11.3 Å². The minimum absolute atomic E-state index is 0.0944. The van der Waals surface area contributed by atoms with Crippen LogP contribution >= 0.6 is 11.3 Å². The molecule has 0 saturated carbocycles. The lowest BCUT2D eigenvalue weighted by Crippen LogP contribution is -2.19. The van der Waals surface area contributed by atoms with Crippen LogP contribution in [0.1, 0.15) is 11.1 Å². The maximum absolute atomic E-state index is 12.3. The molecule has 0 aliphatic rings. The largest absolute Gasteiger partial charge is 0.310 e. The van der Waals surface area contributed by atoms with E-state index in [-0.39, 0.29) is 5.56 Å². The van der Waals surface area contributed by atoms with Crippen molar-refractivity contribution >= 4 is 21.4 Å². The summed E-state index contributed by atoms with van der Waals surface area (Å²) in [5.41, 5.74) is 2.50. The van der Waals surface area contributed by atoms with Crippen molar-refractivity contribution in [3.63, 3.8) is 0 Å². The molecule has 0 atom stereocenters. The van der Waals surface area contributed by atoms with Gasteiger partial charge in [0.25, 0.3) is 5.56 Å². The van der Waals surface area contributed by atoms with Crippen LogP contribution < -0.4 is 5.56 Å². The van der Waals surface area contributed by atoms with Crippen molar-refractivity contribution in [2.45, 2.75) is 13.5 Å². The van der Waals surface area contributed by atoms with Gasteiger partial charge in [0.15, 0.2) is 0 Å². The van der Waals surface area contributed by atoms with Gasteiger partial charge in [-0.25, -0.2) is 0 Å². The summed E-state index contributed by atoms with van der Waals surface area (Å²) in [7, 11) is 0. The lowest BCUT2D eigenvalue weighted by atomic mass is 10.1. The molecular formula is C15H13NOS. The first-order valence-corrected chi connectivity index (χ1v) is 6.75. The number of aromatic nitrogens is 1. The van der Waals surface area contributed by atoms with E-state index in [1.54, 1.807) is 15.9 Å². The van der Waals surface area contributed by atoms with Crippen molar-refractivity contribution in [1.82, 2.24) is 4.57 Å². The van der Waals surface area contributed by atoms with Gasteiger partial charge in [0.05, 0.1) is 11.9 Å². The van der Waals surface area contributed by atoms with Crippen LogP contribution in [0.2, 0.25) is 0 Å². The fraction of sp³-hybridized carbons (Fsp3) is 0.133. The van der Waals surface area contributed by atoms with E-state index >= 15 is 0 Å². The molecular weight excluding hydrogens is 242 g/mol. The fourth-order valence-electron chi connectivity index (χ4n) is 2.10. The van der Waals surface area contributed by atoms with E-state index < -0.39 is 0 Å². The standard InChI is InChI=1S/C15H13NOS/c1-11-4-2-3-5-12(11)10-16-8-6-14-13(15(16)17)7-9-18-14/h2-9H,10H2,1H3. The maximum Gasteiger partial charge on any atom is 0.259 e. The van der Waals surface area contributed by atoms with Crippen molar-refractivity contribution in [1.29, 1.82) is 0 Å². The van der Waals surface area contributed by atoms with E-state index in [0.29, 0.717) is 6.54 Å². The Balaban J connectivity index is 2.08. The number of thiophene rings is 1. The highest BCUT2D eigenvalue weighted by Crippen LogP contribution is 2.17. The molecule has 3 aromatic rings. The van der Waals surface area contributed by atoms with Gasteiger partial charge in [-0.2, -0.15) is 0 Å². The molecule has 18 heavy (non-hydrogen) atoms. The zero-order chi connectivity index (χ0) is 12.5. The minimum Gasteiger partial charge on any atom is -0.310 e. The average molecular weight is 255 g/mol. The smallest absolute Gasteiger partial charge is 0.259 e. The normalized spacial score (nSPS) is 10.9. The Labute approximate surface area is 109 Å². The molecule has 2 nitrogen and oxygen atoms in total. The summed E-state index contributed by atoms with van der Waals surface area (Å²) in [6, 6.07) is 12.1. The Morgan fingerprint density at radius 2 is 2.00 bits per heavy atom. The second-order valence-corrected chi connectivity index (χ2v) is 5.32. The molecule has 0 fully saturated rings. The first kappa shape index (κ1) is 11.2. The number of nitrogens with zero attached hydrogens (tertiary/aromatic N) is 1. The average Bonchev–Trinajstić information content (AvgIpc) is 2.84. The third-order valence-corrected chi connectivity index (χ3v) is 4.08. The van der Waals surface area contributed by atoms with Crippen LogP contribution in [-0.2, 0) is 6.54 Å². The second kappa shape index (κ2) is 4.42. The SMILES string of the molecule is Cc1ccccc1Cn1ccc2sccc2c1=O. The van der Waals surface area contributed by atoms with E-state index in [1.807, 2.05) is 35.8 Å². The topological polar surface area (TPSA) is 22.0 Å². The number of benzene rings is 1. The molecule has 0 radical (unpaired) electrons. The molecule has 3 heteroatoms. The molecule has 0 aliphatic carbocycles. The lowest BCUT2D eigenvalue weighted by Gasteiger charge is -2.08. The number of hydrogen-bond donors (Lipinski definition) is 0. The number of aryl methyl sites for hydroxylation is 1. The van der Waals surface area contributed by atoms with Gasteiger partial charge in [0, 0.05) is 10.9 Å². The maximum atomic E-state index is 12.3. The third kappa shape index (κ3) is 1.87. The summed E-state index contributed by atoms with van der Waals surface area (Å²) in [5, 5.41) is 2.78. The molecule has 0 spiro atoms. The summed E-state index contributed by atoms with van der Waals surface area (Å²) in [6.45, 7) is 2.71. The summed E-state index contributed by atoms with van der Waals surface area (Å²) >= 11 is 1.61. The van der Waals surface area contributed by atoms with E-state index in [0.717, 1.165) is 10.1 Å². The Bertz CT molecular complexity index is 754. The van der Waals surface area contributed by atoms with Crippen molar-refractivity contribution in [3.8, 4) is 0 Å². The predicted molar refractivity (Wildman–Crippen MR) is 76.4 cm³/mol. The van der Waals surface area contributed by atoms with E-state index in [2.05, 4.69) is 19.1 Å². The molecule has 2 heterocycles. The Morgan fingerprint density at radius 3 is 2.83 bits per heavy atom. The Hall–Kier alpha value is -1.87. The van der Waals surface area contributed by atoms with Gasteiger partial charge in [-0.05, 0) is 35.6 Å². The first-order valence-electron chi connectivity index (χ1n) is 5.87. The van der Waals surface area contributed by atoms with Crippen molar-refractivity contribution in [3.05, 3.63) is 69.5 Å². The molecule has 0 amide bonds. The summed E-state index contributed by atoms with van der Waals surface area (Å²) in [4.78, 5) is 12.3. The van der Waals surface area contributed by atoms with Crippen molar-refractivity contribution in [2.75, 3.05) is 0 Å².